The Hall–Kier alpha value is -3.12. The molecule has 0 spiro atoms. The number of nitrogens with one attached hydrogen (secondary N) is 2. The minimum absolute atomic E-state index is 0.196. The second kappa shape index (κ2) is 7.19. The molecule has 6 nitrogen and oxygen atoms in total. The van der Waals surface area contributed by atoms with Gasteiger partial charge in [0.2, 0.25) is 0 Å². The number of para-hydroxylation sites is 1. The second-order valence-electron chi connectivity index (χ2n) is 5.14. The number of aromatic nitrogens is 1. The molecule has 1 aromatic heterocycles. The van der Waals surface area contributed by atoms with Crippen molar-refractivity contribution in [2.75, 3.05) is 7.11 Å². The van der Waals surface area contributed by atoms with Crippen LogP contribution in [0.5, 0.6) is 5.75 Å². The number of ether oxygens (including phenoxy) is 1. The first-order valence-electron chi connectivity index (χ1n) is 7.38. The Kier molecular flexibility index (Phi) is 4.81. The van der Waals surface area contributed by atoms with Crippen molar-refractivity contribution >= 4 is 34.3 Å². The maximum atomic E-state index is 12.2. The Morgan fingerprint density at radius 3 is 2.56 bits per heavy atom. The monoisotopic (exact) mass is 355 g/mol. The Bertz CT molecular complexity index is 959. The smallest absolute Gasteiger partial charge is 0.288 e. The maximum absolute atomic E-state index is 12.2. The number of pyridine rings is 1. The summed E-state index contributed by atoms with van der Waals surface area (Å²) >= 11 is 5.87. The highest BCUT2D eigenvalue weighted by Crippen LogP contribution is 2.22. The number of fused-ring (bicyclic) bond motifs is 1. The lowest BCUT2D eigenvalue weighted by Crippen LogP contribution is -2.42. The first-order valence-corrected chi connectivity index (χ1v) is 7.76. The van der Waals surface area contributed by atoms with Crippen LogP contribution in [0.25, 0.3) is 10.9 Å². The molecule has 25 heavy (non-hydrogen) atoms. The number of carbonyl (C=O) groups is 2. The lowest BCUT2D eigenvalue weighted by Gasteiger charge is -2.10. The van der Waals surface area contributed by atoms with Gasteiger partial charge in [-0.2, -0.15) is 0 Å². The minimum Gasteiger partial charge on any atom is -0.496 e. The number of hydrogen-bond acceptors (Lipinski definition) is 4. The van der Waals surface area contributed by atoms with Crippen molar-refractivity contribution in [1.29, 1.82) is 0 Å². The molecular weight excluding hydrogens is 342 g/mol. The zero-order valence-electron chi connectivity index (χ0n) is 13.2. The van der Waals surface area contributed by atoms with Crippen molar-refractivity contribution in [3.05, 3.63) is 70.9 Å². The van der Waals surface area contributed by atoms with Crippen LogP contribution in [0.15, 0.2) is 54.6 Å². The van der Waals surface area contributed by atoms with E-state index in [0.717, 1.165) is 5.39 Å². The highest BCUT2D eigenvalue weighted by Gasteiger charge is 2.14. The molecule has 0 aliphatic rings. The van der Waals surface area contributed by atoms with Crippen molar-refractivity contribution in [2.45, 2.75) is 0 Å². The Labute approximate surface area is 148 Å². The van der Waals surface area contributed by atoms with Gasteiger partial charge in [0.25, 0.3) is 11.8 Å². The number of nitrogens with zero attached hydrogens (tertiary/aromatic N) is 1. The Morgan fingerprint density at radius 2 is 1.76 bits per heavy atom. The average molecular weight is 356 g/mol. The third-order valence-corrected chi connectivity index (χ3v) is 3.76. The summed E-state index contributed by atoms with van der Waals surface area (Å²) in [5, 5.41) is 1.37. The zero-order chi connectivity index (χ0) is 17.8. The molecule has 126 valence electrons. The number of methoxy groups -OCH3 is 1. The minimum atomic E-state index is -0.525. The maximum Gasteiger partial charge on any atom is 0.288 e. The second-order valence-corrected chi connectivity index (χ2v) is 5.58. The topological polar surface area (TPSA) is 80.3 Å². The molecule has 0 unspecified atom stereocenters. The number of benzene rings is 2. The standard InChI is InChI=1S/C18H14ClN3O3/c1-25-16-10-12(19)7-8-13(16)17(23)21-22-18(24)15-9-6-11-4-2-3-5-14(11)20-15/h2-10H,1H3,(H,21,23)(H,22,24). The lowest BCUT2D eigenvalue weighted by atomic mass is 10.2. The van der Waals surface area contributed by atoms with E-state index in [0.29, 0.717) is 16.3 Å². The molecule has 2 N–H and O–H groups in total. The van der Waals surface area contributed by atoms with E-state index < -0.39 is 11.8 Å². The summed E-state index contributed by atoms with van der Waals surface area (Å²) in [5.41, 5.74) is 5.82. The van der Waals surface area contributed by atoms with Gasteiger partial charge in [-0.3, -0.25) is 20.4 Å². The zero-order valence-corrected chi connectivity index (χ0v) is 14.0. The summed E-state index contributed by atoms with van der Waals surface area (Å²) in [4.78, 5) is 28.7. The van der Waals surface area contributed by atoms with Crippen LogP contribution in [-0.4, -0.2) is 23.9 Å². The van der Waals surface area contributed by atoms with Gasteiger partial charge >= 0.3 is 0 Å². The van der Waals surface area contributed by atoms with Gasteiger partial charge in [0.1, 0.15) is 11.4 Å². The largest absolute Gasteiger partial charge is 0.496 e. The molecular formula is C18H14ClN3O3. The van der Waals surface area contributed by atoms with Crippen LogP contribution in [0.1, 0.15) is 20.8 Å². The molecule has 0 saturated heterocycles. The fraction of sp³-hybridized carbons (Fsp3) is 0.0556. The first-order chi connectivity index (χ1) is 12.1. The number of hydrazine groups is 1. The van der Waals surface area contributed by atoms with Gasteiger partial charge in [0.05, 0.1) is 18.2 Å². The van der Waals surface area contributed by atoms with Gasteiger partial charge in [0, 0.05) is 10.4 Å². The van der Waals surface area contributed by atoms with E-state index in [1.165, 1.54) is 19.2 Å². The SMILES string of the molecule is COc1cc(Cl)ccc1C(=O)NNC(=O)c1ccc2ccccc2n1. The van der Waals surface area contributed by atoms with Gasteiger partial charge in [-0.1, -0.05) is 35.9 Å². The van der Waals surface area contributed by atoms with E-state index in [1.807, 2.05) is 24.3 Å². The summed E-state index contributed by atoms with van der Waals surface area (Å²) in [5.74, 6) is -0.738. The summed E-state index contributed by atoms with van der Waals surface area (Å²) < 4.78 is 5.12. The normalized spacial score (nSPS) is 10.3. The van der Waals surface area contributed by atoms with E-state index in [4.69, 9.17) is 16.3 Å². The highest BCUT2D eigenvalue weighted by molar-refractivity contribution is 6.30. The molecule has 0 aliphatic carbocycles. The van der Waals surface area contributed by atoms with Crippen molar-refractivity contribution in [2.24, 2.45) is 0 Å². The van der Waals surface area contributed by atoms with Crippen LogP contribution in [0.2, 0.25) is 5.02 Å². The van der Waals surface area contributed by atoms with Crippen molar-refractivity contribution < 1.29 is 14.3 Å². The van der Waals surface area contributed by atoms with Gasteiger partial charge < -0.3 is 4.74 Å². The predicted molar refractivity (Wildman–Crippen MR) is 94.7 cm³/mol. The Morgan fingerprint density at radius 1 is 1.00 bits per heavy atom. The third kappa shape index (κ3) is 3.70. The van der Waals surface area contributed by atoms with E-state index in [1.54, 1.807) is 18.2 Å². The molecule has 0 aliphatic heterocycles. The average Bonchev–Trinajstić information content (AvgIpc) is 2.65. The van der Waals surface area contributed by atoms with Crippen LogP contribution >= 0.6 is 11.6 Å². The summed E-state index contributed by atoms with van der Waals surface area (Å²) in [6.07, 6.45) is 0. The lowest BCUT2D eigenvalue weighted by molar-refractivity contribution is 0.0842. The van der Waals surface area contributed by atoms with Crippen LogP contribution in [-0.2, 0) is 0 Å². The van der Waals surface area contributed by atoms with Crippen LogP contribution in [0.3, 0.4) is 0 Å². The summed E-state index contributed by atoms with van der Waals surface area (Å²) in [7, 11) is 1.43. The molecule has 7 heteroatoms. The fourth-order valence-corrected chi connectivity index (χ4v) is 2.45. The van der Waals surface area contributed by atoms with Crippen LogP contribution in [0.4, 0.5) is 0 Å². The van der Waals surface area contributed by atoms with E-state index in [9.17, 15) is 9.59 Å². The summed E-state index contributed by atoms with van der Waals surface area (Å²) in [6.45, 7) is 0. The molecule has 0 bridgehead atoms. The van der Waals surface area contributed by atoms with Crippen molar-refractivity contribution in [3.8, 4) is 5.75 Å². The molecule has 1 heterocycles. The number of amides is 2. The predicted octanol–water partition coefficient (Wildman–Crippen LogP) is 2.97. The number of halogens is 1. The molecule has 0 saturated carbocycles. The Balaban J connectivity index is 1.72. The molecule has 2 amide bonds. The molecule has 2 aromatic carbocycles. The number of hydrogen-bond donors (Lipinski definition) is 2. The fourth-order valence-electron chi connectivity index (χ4n) is 2.29. The van der Waals surface area contributed by atoms with E-state index in [2.05, 4.69) is 15.8 Å². The molecule has 0 fully saturated rings. The quantitative estimate of drug-likeness (QED) is 0.708. The number of rotatable bonds is 3. The third-order valence-electron chi connectivity index (χ3n) is 3.53. The summed E-state index contributed by atoms with van der Waals surface area (Å²) in [6, 6.07) is 15.4. The van der Waals surface area contributed by atoms with Crippen molar-refractivity contribution in [3.63, 3.8) is 0 Å². The van der Waals surface area contributed by atoms with E-state index >= 15 is 0 Å². The molecule has 3 aromatic rings. The molecule has 3 rings (SSSR count). The van der Waals surface area contributed by atoms with Crippen molar-refractivity contribution in [1.82, 2.24) is 15.8 Å². The highest BCUT2D eigenvalue weighted by atomic mass is 35.5. The van der Waals surface area contributed by atoms with E-state index in [-0.39, 0.29) is 11.3 Å². The first kappa shape index (κ1) is 16.7. The van der Waals surface area contributed by atoms with Gasteiger partial charge in [-0.05, 0) is 30.3 Å². The van der Waals surface area contributed by atoms with Crippen LogP contribution < -0.4 is 15.6 Å². The molecule has 0 radical (unpaired) electrons. The van der Waals surface area contributed by atoms with Gasteiger partial charge in [-0.25, -0.2) is 4.98 Å². The molecule has 0 atom stereocenters. The number of carbonyl (C=O) groups excluding carboxylic acids is 2. The van der Waals surface area contributed by atoms with Gasteiger partial charge in [-0.15, -0.1) is 0 Å². The van der Waals surface area contributed by atoms with Crippen LogP contribution in [0, 0.1) is 0 Å². The van der Waals surface area contributed by atoms with Gasteiger partial charge in [0.15, 0.2) is 0 Å².